The van der Waals surface area contributed by atoms with Gasteiger partial charge < -0.3 is 10.0 Å². The first-order chi connectivity index (χ1) is 8.90. The van der Waals surface area contributed by atoms with E-state index in [-0.39, 0.29) is 12.8 Å². The van der Waals surface area contributed by atoms with Gasteiger partial charge in [-0.05, 0) is 6.92 Å². The van der Waals surface area contributed by atoms with Crippen molar-refractivity contribution in [2.75, 3.05) is 7.05 Å². The molecule has 0 radical (unpaired) electrons. The van der Waals surface area contributed by atoms with Gasteiger partial charge in [-0.2, -0.15) is 0 Å². The molecule has 0 atom stereocenters. The maximum absolute atomic E-state index is 11.7. The molecule has 1 aromatic heterocycles. The Morgan fingerprint density at radius 2 is 2.11 bits per heavy atom. The van der Waals surface area contributed by atoms with Crippen molar-refractivity contribution in [1.29, 1.82) is 0 Å². The molecule has 104 valence electrons. The molecule has 19 heavy (non-hydrogen) atoms. The lowest BCUT2D eigenvalue weighted by Crippen LogP contribution is -2.40. The number of aliphatic carboxylic acids is 1. The molecule has 0 aliphatic heterocycles. The van der Waals surface area contributed by atoms with Crippen LogP contribution < -0.4 is 5.32 Å². The number of carboxylic acid groups (broad SMARTS) is 1. The third kappa shape index (κ3) is 5.04. The minimum absolute atomic E-state index is 0.214. The quantitative estimate of drug-likeness (QED) is 0.840. The Morgan fingerprint density at radius 3 is 2.63 bits per heavy atom. The molecule has 1 aromatic rings. The van der Waals surface area contributed by atoms with Gasteiger partial charge in [-0.15, -0.1) is 11.3 Å². The molecule has 0 unspecified atom stereocenters. The van der Waals surface area contributed by atoms with Crippen LogP contribution in [0.1, 0.15) is 23.4 Å². The van der Waals surface area contributed by atoms with E-state index in [4.69, 9.17) is 5.11 Å². The molecular formula is C11H15N3O4S. The standard InChI is InChI=1S/C11H15N3O4S/c1-7-8(19-6-12-7)5-14(2)11(18)13-9(15)3-4-10(16)17/h6H,3-5H2,1-2H3,(H,16,17)(H,13,15,18). The molecule has 0 spiro atoms. The molecule has 0 saturated carbocycles. The normalized spacial score (nSPS) is 10.0. The van der Waals surface area contributed by atoms with Gasteiger partial charge in [-0.3, -0.25) is 14.9 Å². The number of carboxylic acids is 1. The lowest BCUT2D eigenvalue weighted by Gasteiger charge is -2.16. The lowest BCUT2D eigenvalue weighted by molar-refractivity contribution is -0.138. The maximum Gasteiger partial charge on any atom is 0.324 e. The van der Waals surface area contributed by atoms with Crippen molar-refractivity contribution in [1.82, 2.24) is 15.2 Å². The summed E-state index contributed by atoms with van der Waals surface area (Å²) in [4.78, 5) is 39.6. The topological polar surface area (TPSA) is 99.6 Å². The molecule has 1 heterocycles. The predicted octanol–water partition coefficient (Wildman–Crippen LogP) is 0.984. The van der Waals surface area contributed by atoms with Gasteiger partial charge in [-0.25, -0.2) is 9.78 Å². The molecule has 0 saturated heterocycles. The third-order valence-electron chi connectivity index (χ3n) is 2.38. The van der Waals surface area contributed by atoms with Gasteiger partial charge in [0.05, 0.1) is 24.2 Å². The molecule has 0 bridgehead atoms. The van der Waals surface area contributed by atoms with Crippen LogP contribution in [-0.4, -0.2) is 39.9 Å². The summed E-state index contributed by atoms with van der Waals surface area (Å²) < 4.78 is 0. The van der Waals surface area contributed by atoms with E-state index < -0.39 is 17.9 Å². The van der Waals surface area contributed by atoms with Crippen LogP contribution in [0, 0.1) is 6.92 Å². The first kappa shape index (κ1) is 15.1. The summed E-state index contributed by atoms with van der Waals surface area (Å²) in [6.45, 7) is 2.20. The van der Waals surface area contributed by atoms with Gasteiger partial charge in [0, 0.05) is 18.3 Å². The zero-order valence-electron chi connectivity index (χ0n) is 10.7. The number of nitrogens with zero attached hydrogens (tertiary/aromatic N) is 2. The van der Waals surface area contributed by atoms with Crippen molar-refractivity contribution < 1.29 is 19.5 Å². The van der Waals surface area contributed by atoms with E-state index >= 15 is 0 Å². The number of amides is 3. The number of aryl methyl sites for hydroxylation is 1. The third-order valence-corrected chi connectivity index (χ3v) is 3.30. The van der Waals surface area contributed by atoms with Crippen molar-refractivity contribution in [2.45, 2.75) is 26.3 Å². The summed E-state index contributed by atoms with van der Waals surface area (Å²) in [5.41, 5.74) is 2.54. The lowest BCUT2D eigenvalue weighted by atomic mass is 10.3. The highest BCUT2D eigenvalue weighted by Gasteiger charge is 2.15. The van der Waals surface area contributed by atoms with Crippen molar-refractivity contribution in [3.63, 3.8) is 0 Å². The maximum atomic E-state index is 11.7. The second-order valence-electron chi connectivity index (χ2n) is 3.96. The minimum Gasteiger partial charge on any atom is -0.481 e. The minimum atomic E-state index is -1.07. The molecule has 0 fully saturated rings. The van der Waals surface area contributed by atoms with Crippen molar-refractivity contribution in [3.8, 4) is 0 Å². The van der Waals surface area contributed by atoms with Gasteiger partial charge in [0.2, 0.25) is 5.91 Å². The molecule has 0 aliphatic carbocycles. The van der Waals surface area contributed by atoms with Crippen LogP contribution in [0.15, 0.2) is 5.51 Å². The molecule has 0 aromatic carbocycles. The number of thiazole rings is 1. The van der Waals surface area contributed by atoms with Crippen LogP contribution in [-0.2, 0) is 16.1 Å². The number of carbonyl (C=O) groups excluding carboxylic acids is 2. The fourth-order valence-electron chi connectivity index (χ4n) is 1.26. The largest absolute Gasteiger partial charge is 0.481 e. The van der Waals surface area contributed by atoms with Gasteiger partial charge in [-0.1, -0.05) is 0 Å². The molecule has 3 amide bonds. The van der Waals surface area contributed by atoms with Crippen LogP contribution in [0.5, 0.6) is 0 Å². The summed E-state index contributed by atoms with van der Waals surface area (Å²) in [5, 5.41) is 10.6. The van der Waals surface area contributed by atoms with E-state index in [0.29, 0.717) is 6.54 Å². The highest BCUT2D eigenvalue weighted by molar-refractivity contribution is 7.09. The summed E-state index contributed by atoms with van der Waals surface area (Å²) >= 11 is 1.43. The van der Waals surface area contributed by atoms with Crippen LogP contribution in [0.25, 0.3) is 0 Å². The number of hydrogen-bond donors (Lipinski definition) is 2. The van der Waals surface area contributed by atoms with Gasteiger partial charge in [0.25, 0.3) is 0 Å². The van der Waals surface area contributed by atoms with Crippen LogP contribution in [0.4, 0.5) is 4.79 Å². The number of carbonyl (C=O) groups is 3. The number of imide groups is 1. The Labute approximate surface area is 114 Å². The summed E-state index contributed by atoms with van der Waals surface area (Å²) in [5.74, 6) is -1.67. The number of aromatic nitrogens is 1. The van der Waals surface area contributed by atoms with Crippen LogP contribution >= 0.6 is 11.3 Å². The Bertz CT molecular complexity index is 486. The van der Waals surface area contributed by atoms with E-state index in [1.54, 1.807) is 12.6 Å². The molecule has 1 rings (SSSR count). The number of urea groups is 1. The average molecular weight is 285 g/mol. The van der Waals surface area contributed by atoms with Gasteiger partial charge >= 0.3 is 12.0 Å². The molecule has 0 aliphatic rings. The highest BCUT2D eigenvalue weighted by Crippen LogP contribution is 2.14. The highest BCUT2D eigenvalue weighted by atomic mass is 32.1. The van der Waals surface area contributed by atoms with Crippen molar-refractivity contribution in [2.24, 2.45) is 0 Å². The smallest absolute Gasteiger partial charge is 0.324 e. The first-order valence-corrected chi connectivity index (χ1v) is 6.43. The fourth-order valence-corrected chi connectivity index (χ4v) is 2.09. The molecule has 7 nitrogen and oxygen atoms in total. The zero-order valence-corrected chi connectivity index (χ0v) is 11.5. The first-order valence-electron chi connectivity index (χ1n) is 5.56. The summed E-state index contributed by atoms with van der Waals surface area (Å²) in [6.07, 6.45) is -0.509. The predicted molar refractivity (Wildman–Crippen MR) is 68.7 cm³/mol. The van der Waals surface area contributed by atoms with E-state index in [0.717, 1.165) is 10.6 Å². The Hall–Kier alpha value is -1.96. The van der Waals surface area contributed by atoms with E-state index in [1.165, 1.54) is 16.2 Å². The number of nitrogens with one attached hydrogen (secondary N) is 1. The second kappa shape index (κ2) is 6.83. The number of hydrogen-bond acceptors (Lipinski definition) is 5. The Morgan fingerprint density at radius 1 is 1.42 bits per heavy atom. The molecule has 8 heteroatoms. The van der Waals surface area contributed by atoms with E-state index in [9.17, 15) is 14.4 Å². The van der Waals surface area contributed by atoms with Crippen LogP contribution in [0.3, 0.4) is 0 Å². The fraction of sp³-hybridized carbons (Fsp3) is 0.455. The average Bonchev–Trinajstić information content (AvgIpc) is 2.72. The van der Waals surface area contributed by atoms with Gasteiger partial charge in [0.15, 0.2) is 0 Å². The van der Waals surface area contributed by atoms with Crippen molar-refractivity contribution in [3.05, 3.63) is 16.1 Å². The van der Waals surface area contributed by atoms with E-state index in [1.807, 2.05) is 6.92 Å². The summed E-state index contributed by atoms with van der Waals surface area (Å²) in [7, 11) is 1.55. The summed E-state index contributed by atoms with van der Waals surface area (Å²) in [6, 6.07) is -0.553. The Kier molecular flexibility index (Phi) is 5.43. The Balaban J connectivity index is 2.42. The number of rotatable bonds is 5. The van der Waals surface area contributed by atoms with Crippen LogP contribution in [0.2, 0.25) is 0 Å². The van der Waals surface area contributed by atoms with Crippen molar-refractivity contribution >= 4 is 29.2 Å². The molecular weight excluding hydrogens is 270 g/mol. The van der Waals surface area contributed by atoms with Gasteiger partial charge in [0.1, 0.15) is 0 Å². The SMILES string of the molecule is Cc1ncsc1CN(C)C(=O)NC(=O)CCC(=O)O. The second-order valence-corrected chi connectivity index (χ2v) is 4.90. The monoisotopic (exact) mass is 285 g/mol. The molecule has 2 N–H and O–H groups in total. The van der Waals surface area contributed by atoms with E-state index in [2.05, 4.69) is 10.3 Å². The zero-order chi connectivity index (χ0) is 14.4.